The Balaban J connectivity index is 2.25. The van der Waals surface area contributed by atoms with Crippen LogP contribution in [0.15, 0.2) is 21.8 Å². The number of nitrogens with zero attached hydrogens (tertiary/aromatic N) is 1. The number of furan rings is 1. The Bertz CT molecular complexity index is 633. The van der Waals surface area contributed by atoms with Crippen LogP contribution in [0, 0.1) is 5.41 Å². The maximum absolute atomic E-state index is 12.6. The van der Waals surface area contributed by atoms with Gasteiger partial charge in [-0.1, -0.05) is 20.8 Å². The van der Waals surface area contributed by atoms with Crippen molar-refractivity contribution in [2.75, 3.05) is 6.54 Å². The van der Waals surface area contributed by atoms with E-state index in [9.17, 15) is 13.2 Å². The standard InChI is InChI=1S/C14H22N2O4S/c1-4-14(2,3)11-6-5-7-16(11)13(17)10-8-12(20-9-10)21(15,18)19/h8-9,11H,4-7H2,1-3H3,(H2,15,18,19)/t11-/m0/s1. The van der Waals surface area contributed by atoms with Crippen molar-refractivity contribution in [3.8, 4) is 0 Å². The lowest BCUT2D eigenvalue weighted by atomic mass is 9.80. The summed E-state index contributed by atoms with van der Waals surface area (Å²) in [5, 5.41) is 4.62. The maximum Gasteiger partial charge on any atom is 0.271 e. The minimum absolute atomic E-state index is 0.0265. The molecular formula is C14H22N2O4S. The van der Waals surface area contributed by atoms with Crippen molar-refractivity contribution < 1.29 is 17.6 Å². The highest BCUT2D eigenvalue weighted by Gasteiger charge is 2.39. The summed E-state index contributed by atoms with van der Waals surface area (Å²) in [6.07, 6.45) is 4.05. The van der Waals surface area contributed by atoms with E-state index in [1.165, 1.54) is 6.07 Å². The number of primary sulfonamides is 1. The zero-order valence-electron chi connectivity index (χ0n) is 12.6. The third kappa shape index (κ3) is 3.13. The van der Waals surface area contributed by atoms with Crippen LogP contribution >= 0.6 is 0 Å². The van der Waals surface area contributed by atoms with Gasteiger partial charge in [-0.05, 0) is 24.7 Å². The van der Waals surface area contributed by atoms with Gasteiger partial charge in [0.25, 0.3) is 15.9 Å². The molecule has 1 fully saturated rings. The largest absolute Gasteiger partial charge is 0.451 e. The summed E-state index contributed by atoms with van der Waals surface area (Å²) < 4.78 is 27.3. The Morgan fingerprint density at radius 3 is 2.71 bits per heavy atom. The quantitative estimate of drug-likeness (QED) is 0.919. The SMILES string of the molecule is CCC(C)(C)[C@@H]1CCCN1C(=O)c1coc(S(N)(=O)=O)c1. The second kappa shape index (κ2) is 5.46. The third-order valence-corrected chi connectivity index (χ3v) is 5.20. The van der Waals surface area contributed by atoms with E-state index >= 15 is 0 Å². The molecule has 1 amide bonds. The van der Waals surface area contributed by atoms with Crippen molar-refractivity contribution in [3.63, 3.8) is 0 Å². The van der Waals surface area contributed by atoms with Gasteiger partial charge in [0.05, 0.1) is 5.56 Å². The van der Waals surface area contributed by atoms with E-state index < -0.39 is 10.0 Å². The number of hydrogen-bond donors (Lipinski definition) is 1. The smallest absolute Gasteiger partial charge is 0.271 e. The molecule has 7 heteroatoms. The molecule has 0 aromatic carbocycles. The first-order valence-corrected chi connectivity index (χ1v) is 8.64. The number of sulfonamides is 1. The lowest BCUT2D eigenvalue weighted by Crippen LogP contribution is -2.44. The summed E-state index contributed by atoms with van der Waals surface area (Å²) in [7, 11) is -3.92. The van der Waals surface area contributed by atoms with Crippen molar-refractivity contribution >= 4 is 15.9 Å². The topological polar surface area (TPSA) is 93.6 Å². The van der Waals surface area contributed by atoms with Crippen molar-refractivity contribution in [1.82, 2.24) is 4.90 Å². The van der Waals surface area contributed by atoms with Crippen LogP contribution in [-0.4, -0.2) is 31.8 Å². The van der Waals surface area contributed by atoms with Crippen LogP contribution in [0.1, 0.15) is 50.4 Å². The summed E-state index contributed by atoms with van der Waals surface area (Å²) in [5.74, 6) is -0.197. The normalized spacial score (nSPS) is 20.0. The number of rotatable bonds is 4. The molecule has 1 aliphatic heterocycles. The zero-order chi connectivity index (χ0) is 15.8. The van der Waals surface area contributed by atoms with Crippen molar-refractivity contribution in [3.05, 3.63) is 17.9 Å². The zero-order valence-corrected chi connectivity index (χ0v) is 13.4. The Hall–Kier alpha value is -1.34. The van der Waals surface area contributed by atoms with E-state index in [0.29, 0.717) is 6.54 Å². The average molecular weight is 314 g/mol. The lowest BCUT2D eigenvalue weighted by molar-refractivity contribution is 0.0595. The van der Waals surface area contributed by atoms with Gasteiger partial charge in [-0.2, -0.15) is 0 Å². The van der Waals surface area contributed by atoms with Gasteiger partial charge in [0, 0.05) is 18.7 Å². The average Bonchev–Trinajstić information content (AvgIpc) is 3.06. The first-order valence-electron chi connectivity index (χ1n) is 7.09. The fraction of sp³-hybridized carbons (Fsp3) is 0.643. The second-order valence-electron chi connectivity index (χ2n) is 6.20. The molecule has 0 radical (unpaired) electrons. The molecule has 0 aliphatic carbocycles. The van der Waals surface area contributed by atoms with Crippen LogP contribution in [0.2, 0.25) is 0 Å². The third-order valence-electron chi connectivity index (χ3n) is 4.43. The minimum atomic E-state index is -3.92. The predicted octanol–water partition coefficient (Wildman–Crippen LogP) is 1.97. The lowest BCUT2D eigenvalue weighted by Gasteiger charge is -2.37. The number of likely N-dealkylation sites (tertiary alicyclic amines) is 1. The molecule has 2 heterocycles. The fourth-order valence-corrected chi connectivity index (χ4v) is 3.28. The van der Waals surface area contributed by atoms with Crippen LogP contribution in [0.5, 0.6) is 0 Å². The number of amides is 1. The van der Waals surface area contributed by atoms with E-state index in [0.717, 1.165) is 25.5 Å². The van der Waals surface area contributed by atoms with E-state index in [4.69, 9.17) is 9.56 Å². The predicted molar refractivity (Wildman–Crippen MR) is 78.2 cm³/mol. The summed E-state index contributed by atoms with van der Waals surface area (Å²) >= 11 is 0. The van der Waals surface area contributed by atoms with Crippen LogP contribution < -0.4 is 5.14 Å². The Morgan fingerprint density at radius 2 is 2.19 bits per heavy atom. The summed E-state index contributed by atoms with van der Waals surface area (Å²) in [6, 6.07) is 1.36. The first kappa shape index (κ1) is 16.0. The maximum atomic E-state index is 12.6. The minimum Gasteiger partial charge on any atom is -0.451 e. The molecule has 1 aromatic rings. The van der Waals surface area contributed by atoms with Gasteiger partial charge in [0.15, 0.2) is 0 Å². The number of nitrogens with two attached hydrogens (primary N) is 1. The molecule has 21 heavy (non-hydrogen) atoms. The van der Waals surface area contributed by atoms with Crippen molar-refractivity contribution in [2.45, 2.75) is 51.2 Å². The Kier molecular flexibility index (Phi) is 4.17. The molecule has 0 bridgehead atoms. The summed E-state index contributed by atoms with van der Waals surface area (Å²) in [4.78, 5) is 14.4. The van der Waals surface area contributed by atoms with Gasteiger partial charge in [0.1, 0.15) is 6.26 Å². The van der Waals surface area contributed by atoms with E-state index in [-0.39, 0.29) is 28.0 Å². The molecular weight excluding hydrogens is 292 g/mol. The molecule has 2 rings (SSSR count). The van der Waals surface area contributed by atoms with Gasteiger partial charge in [0.2, 0.25) is 5.09 Å². The molecule has 1 aromatic heterocycles. The van der Waals surface area contributed by atoms with Gasteiger partial charge < -0.3 is 9.32 Å². The monoisotopic (exact) mass is 314 g/mol. The molecule has 0 saturated carbocycles. The number of hydrogen-bond acceptors (Lipinski definition) is 4. The molecule has 1 saturated heterocycles. The molecule has 6 nitrogen and oxygen atoms in total. The molecule has 0 spiro atoms. The molecule has 1 aliphatic rings. The highest BCUT2D eigenvalue weighted by Crippen LogP contribution is 2.36. The van der Waals surface area contributed by atoms with Gasteiger partial charge in [-0.25, -0.2) is 13.6 Å². The number of carbonyl (C=O) groups excluding carboxylic acids is 1. The van der Waals surface area contributed by atoms with E-state index in [1.54, 1.807) is 0 Å². The Morgan fingerprint density at radius 1 is 1.52 bits per heavy atom. The first-order chi connectivity index (χ1) is 9.66. The number of carbonyl (C=O) groups is 1. The molecule has 0 unspecified atom stereocenters. The summed E-state index contributed by atoms with van der Waals surface area (Å²) in [5.41, 5.74) is 0.261. The van der Waals surface area contributed by atoms with E-state index in [1.807, 2.05) is 4.90 Å². The highest BCUT2D eigenvalue weighted by atomic mass is 32.2. The van der Waals surface area contributed by atoms with Gasteiger partial charge >= 0.3 is 0 Å². The highest BCUT2D eigenvalue weighted by molar-refractivity contribution is 7.89. The molecule has 118 valence electrons. The van der Waals surface area contributed by atoms with Crippen LogP contribution in [0.3, 0.4) is 0 Å². The van der Waals surface area contributed by atoms with Crippen LogP contribution in [0.4, 0.5) is 0 Å². The second-order valence-corrected chi connectivity index (χ2v) is 7.69. The fourth-order valence-electron chi connectivity index (χ4n) is 2.80. The van der Waals surface area contributed by atoms with Crippen LogP contribution in [0.25, 0.3) is 0 Å². The van der Waals surface area contributed by atoms with Crippen LogP contribution in [-0.2, 0) is 10.0 Å². The van der Waals surface area contributed by atoms with Gasteiger partial charge in [-0.3, -0.25) is 4.79 Å². The summed E-state index contributed by atoms with van der Waals surface area (Å²) in [6.45, 7) is 7.09. The molecule has 2 N–H and O–H groups in total. The van der Waals surface area contributed by atoms with Gasteiger partial charge in [-0.15, -0.1) is 0 Å². The van der Waals surface area contributed by atoms with Crippen molar-refractivity contribution in [2.24, 2.45) is 10.6 Å². The molecule has 1 atom stereocenters. The van der Waals surface area contributed by atoms with E-state index in [2.05, 4.69) is 20.8 Å². The Labute approximate surface area is 125 Å². The van der Waals surface area contributed by atoms with Crippen molar-refractivity contribution in [1.29, 1.82) is 0 Å².